The summed E-state index contributed by atoms with van der Waals surface area (Å²) in [4.78, 5) is 16.2. The molecule has 0 fully saturated rings. The van der Waals surface area contributed by atoms with Crippen LogP contribution in [-0.2, 0) is 16.8 Å². The Labute approximate surface area is 159 Å². The maximum Gasteiger partial charge on any atom is 0.263 e. The van der Waals surface area contributed by atoms with Crippen LogP contribution < -0.4 is 10.1 Å². The first-order valence-electron chi connectivity index (χ1n) is 8.86. The number of hydrogen-bond acceptors (Lipinski definition) is 4. The maximum atomic E-state index is 12.2. The van der Waals surface area contributed by atoms with Gasteiger partial charge in [-0.25, -0.2) is 0 Å². The van der Waals surface area contributed by atoms with Crippen molar-refractivity contribution in [1.29, 1.82) is 0 Å². The summed E-state index contributed by atoms with van der Waals surface area (Å²) in [7, 11) is 0. The smallest absolute Gasteiger partial charge is 0.263 e. The highest BCUT2D eigenvalue weighted by Crippen LogP contribution is 2.30. The third-order valence-electron chi connectivity index (χ3n) is 4.06. The second kappa shape index (κ2) is 8.03. The zero-order valence-electron chi connectivity index (χ0n) is 15.8. The lowest BCUT2D eigenvalue weighted by atomic mass is 9.86. The molecule has 140 valence electrons. The lowest BCUT2D eigenvalue weighted by molar-refractivity contribution is -0.118. The van der Waals surface area contributed by atoms with Crippen LogP contribution in [0.2, 0.25) is 0 Å². The first kappa shape index (κ1) is 18.6. The van der Waals surface area contributed by atoms with Gasteiger partial charge in [-0.1, -0.05) is 39.0 Å². The minimum absolute atomic E-state index is 0.0567. The van der Waals surface area contributed by atoms with Crippen LogP contribution in [0.4, 0.5) is 5.82 Å². The van der Waals surface area contributed by atoms with Crippen molar-refractivity contribution in [3.8, 4) is 5.75 Å². The lowest BCUT2D eigenvalue weighted by Gasteiger charge is -2.22. The van der Waals surface area contributed by atoms with Crippen molar-refractivity contribution in [3.63, 3.8) is 0 Å². The Balaban J connectivity index is 1.56. The molecule has 6 heteroatoms. The van der Waals surface area contributed by atoms with Crippen LogP contribution in [0.3, 0.4) is 0 Å². The largest absolute Gasteiger partial charge is 0.483 e. The molecule has 0 aliphatic rings. The first-order chi connectivity index (χ1) is 12.9. The van der Waals surface area contributed by atoms with Crippen LogP contribution in [-0.4, -0.2) is 27.3 Å². The Morgan fingerprint density at radius 3 is 2.59 bits per heavy atom. The van der Waals surface area contributed by atoms with E-state index >= 15 is 0 Å². The minimum Gasteiger partial charge on any atom is -0.483 e. The number of carbonyl (C=O) groups excluding carboxylic acids is 1. The molecular formula is C21H24N4O2. The number of pyridine rings is 1. The highest BCUT2D eigenvalue weighted by atomic mass is 16.5. The fourth-order valence-electron chi connectivity index (χ4n) is 2.73. The second-order valence-corrected chi connectivity index (χ2v) is 7.34. The normalized spacial score (nSPS) is 11.2. The number of ether oxygens (including phenoxy) is 1. The van der Waals surface area contributed by atoms with Gasteiger partial charge in [0.15, 0.2) is 12.4 Å². The molecule has 1 N–H and O–H groups in total. The molecule has 2 aromatic heterocycles. The van der Waals surface area contributed by atoms with E-state index in [0.717, 1.165) is 16.9 Å². The molecule has 0 bridgehead atoms. The summed E-state index contributed by atoms with van der Waals surface area (Å²) in [5.74, 6) is 0.984. The molecule has 0 spiro atoms. The summed E-state index contributed by atoms with van der Waals surface area (Å²) in [6.07, 6.45) is 5.31. The van der Waals surface area contributed by atoms with Gasteiger partial charge in [-0.05, 0) is 34.7 Å². The van der Waals surface area contributed by atoms with Gasteiger partial charge in [0.2, 0.25) is 0 Å². The fourth-order valence-corrected chi connectivity index (χ4v) is 2.73. The fraction of sp³-hybridized carbons (Fsp3) is 0.286. The van der Waals surface area contributed by atoms with Crippen molar-refractivity contribution in [3.05, 3.63) is 72.2 Å². The van der Waals surface area contributed by atoms with E-state index in [1.165, 1.54) is 0 Å². The molecule has 6 nitrogen and oxygen atoms in total. The van der Waals surface area contributed by atoms with Crippen LogP contribution in [0.1, 0.15) is 31.9 Å². The number of nitrogens with one attached hydrogen (secondary N) is 1. The third kappa shape index (κ3) is 5.17. The van der Waals surface area contributed by atoms with Gasteiger partial charge in [0.1, 0.15) is 5.75 Å². The van der Waals surface area contributed by atoms with E-state index in [0.29, 0.717) is 12.4 Å². The van der Waals surface area contributed by atoms with Gasteiger partial charge in [-0.2, -0.15) is 5.10 Å². The van der Waals surface area contributed by atoms with Crippen molar-refractivity contribution < 1.29 is 9.53 Å². The van der Waals surface area contributed by atoms with Gasteiger partial charge in [0.05, 0.1) is 6.54 Å². The van der Waals surface area contributed by atoms with Gasteiger partial charge in [0, 0.05) is 24.7 Å². The number of nitrogens with zero attached hydrogens (tertiary/aromatic N) is 3. The van der Waals surface area contributed by atoms with Crippen LogP contribution >= 0.6 is 0 Å². The Bertz CT molecular complexity index is 898. The zero-order chi connectivity index (χ0) is 19.3. The van der Waals surface area contributed by atoms with Crippen molar-refractivity contribution in [2.75, 3.05) is 11.9 Å². The van der Waals surface area contributed by atoms with E-state index in [-0.39, 0.29) is 17.9 Å². The number of benzene rings is 1. The van der Waals surface area contributed by atoms with Crippen molar-refractivity contribution in [2.45, 2.75) is 32.7 Å². The van der Waals surface area contributed by atoms with Gasteiger partial charge in [-0.15, -0.1) is 0 Å². The number of amides is 1. The Morgan fingerprint density at radius 1 is 1.11 bits per heavy atom. The molecule has 0 unspecified atom stereocenters. The molecule has 1 aromatic carbocycles. The van der Waals surface area contributed by atoms with E-state index < -0.39 is 0 Å². The van der Waals surface area contributed by atoms with Crippen LogP contribution in [0.15, 0.2) is 61.1 Å². The minimum atomic E-state index is -0.243. The Morgan fingerprint density at radius 2 is 1.85 bits per heavy atom. The summed E-state index contributed by atoms with van der Waals surface area (Å²) in [5.41, 5.74) is 2.10. The van der Waals surface area contributed by atoms with Gasteiger partial charge >= 0.3 is 0 Å². The number of aromatic nitrogens is 3. The number of anilines is 1. The number of carbonyl (C=O) groups is 1. The summed E-state index contributed by atoms with van der Waals surface area (Å²) in [5, 5.41) is 7.13. The number of para-hydroxylation sites is 1. The molecule has 0 radical (unpaired) electrons. The second-order valence-electron chi connectivity index (χ2n) is 7.34. The van der Waals surface area contributed by atoms with Crippen LogP contribution in [0, 0.1) is 0 Å². The summed E-state index contributed by atoms with van der Waals surface area (Å²) in [6, 6.07) is 13.4. The molecule has 0 aliphatic heterocycles. The van der Waals surface area contributed by atoms with E-state index in [9.17, 15) is 4.79 Å². The first-order valence-corrected chi connectivity index (χ1v) is 8.86. The zero-order valence-corrected chi connectivity index (χ0v) is 15.8. The monoisotopic (exact) mass is 364 g/mol. The van der Waals surface area contributed by atoms with Gasteiger partial charge in [0.25, 0.3) is 5.91 Å². The SMILES string of the molecule is CC(C)(C)c1ccccc1OCC(=O)Nc1ccn(Cc2ccncc2)n1. The van der Waals surface area contributed by atoms with Crippen molar-refractivity contribution in [1.82, 2.24) is 14.8 Å². The summed E-state index contributed by atoms with van der Waals surface area (Å²) in [6.45, 7) is 6.90. The molecule has 2 heterocycles. The summed E-state index contributed by atoms with van der Waals surface area (Å²) >= 11 is 0. The van der Waals surface area contributed by atoms with E-state index in [1.807, 2.05) is 42.6 Å². The lowest BCUT2D eigenvalue weighted by Crippen LogP contribution is -2.22. The topological polar surface area (TPSA) is 69.0 Å². The van der Waals surface area contributed by atoms with E-state index in [1.54, 1.807) is 23.1 Å². The predicted molar refractivity (Wildman–Crippen MR) is 105 cm³/mol. The number of hydrogen-bond donors (Lipinski definition) is 1. The predicted octanol–water partition coefficient (Wildman–Crippen LogP) is 3.64. The average molecular weight is 364 g/mol. The maximum absolute atomic E-state index is 12.2. The molecular weight excluding hydrogens is 340 g/mol. The molecule has 1 amide bonds. The third-order valence-corrected chi connectivity index (χ3v) is 4.06. The standard InChI is InChI=1S/C21H24N4O2/c1-21(2,3)17-6-4-5-7-18(17)27-15-20(26)23-19-10-13-25(24-19)14-16-8-11-22-12-9-16/h4-13H,14-15H2,1-3H3,(H,23,24,26). The highest BCUT2D eigenvalue weighted by molar-refractivity contribution is 5.90. The van der Waals surface area contributed by atoms with E-state index in [2.05, 4.69) is 36.2 Å². The molecule has 0 atom stereocenters. The molecule has 0 aliphatic carbocycles. The Kier molecular flexibility index (Phi) is 5.54. The van der Waals surface area contributed by atoms with Crippen molar-refractivity contribution in [2.24, 2.45) is 0 Å². The van der Waals surface area contributed by atoms with Crippen molar-refractivity contribution >= 4 is 11.7 Å². The van der Waals surface area contributed by atoms with Crippen LogP contribution in [0.5, 0.6) is 5.75 Å². The Hall–Kier alpha value is -3.15. The molecule has 27 heavy (non-hydrogen) atoms. The van der Waals surface area contributed by atoms with E-state index in [4.69, 9.17) is 4.74 Å². The highest BCUT2D eigenvalue weighted by Gasteiger charge is 2.19. The van der Waals surface area contributed by atoms with Gasteiger partial charge < -0.3 is 10.1 Å². The average Bonchev–Trinajstić information content (AvgIpc) is 3.07. The summed E-state index contributed by atoms with van der Waals surface area (Å²) < 4.78 is 7.51. The number of rotatable bonds is 6. The molecule has 0 saturated carbocycles. The molecule has 3 rings (SSSR count). The molecule has 0 saturated heterocycles. The van der Waals surface area contributed by atoms with Gasteiger partial charge in [-0.3, -0.25) is 14.5 Å². The molecule has 3 aromatic rings. The van der Waals surface area contributed by atoms with Crippen LogP contribution in [0.25, 0.3) is 0 Å². The quantitative estimate of drug-likeness (QED) is 0.725.